The van der Waals surface area contributed by atoms with Gasteiger partial charge in [-0.25, -0.2) is 0 Å². The average Bonchev–Trinajstić information content (AvgIpc) is 3.05. The van der Waals surface area contributed by atoms with E-state index in [1.165, 1.54) is 6.92 Å². The van der Waals surface area contributed by atoms with E-state index in [-0.39, 0.29) is 29.8 Å². The van der Waals surface area contributed by atoms with Crippen LogP contribution in [0.5, 0.6) is 0 Å². The number of carbonyl (C=O) groups is 1. The molecule has 5 unspecified atom stereocenters. The normalized spacial score (nSPS) is 45.9. The van der Waals surface area contributed by atoms with Crippen LogP contribution in [0.15, 0.2) is 24.3 Å². The fourth-order valence-electron chi connectivity index (χ4n) is 4.18. The largest absolute Gasteiger partial charge is 0.458 e. The highest BCUT2D eigenvalue weighted by Crippen LogP contribution is 2.61. The van der Waals surface area contributed by atoms with Gasteiger partial charge in [0.2, 0.25) is 0 Å². The Morgan fingerprint density at radius 2 is 1.89 bits per heavy atom. The van der Waals surface area contributed by atoms with Crippen molar-refractivity contribution in [2.24, 2.45) is 23.7 Å². The number of rotatable bonds is 1. The molecule has 1 saturated carbocycles. The fourth-order valence-corrected chi connectivity index (χ4v) is 4.18. The maximum Gasteiger partial charge on any atom is 0.303 e. The molecule has 3 aliphatic carbocycles. The van der Waals surface area contributed by atoms with Gasteiger partial charge in [-0.2, -0.15) is 0 Å². The second-order valence-electron chi connectivity index (χ2n) is 5.47. The third-order valence-corrected chi connectivity index (χ3v) is 4.67. The van der Waals surface area contributed by atoms with E-state index in [0.717, 1.165) is 0 Å². The number of hydrogen-bond acceptors (Lipinski definition) is 4. The van der Waals surface area contributed by atoms with E-state index in [1.54, 1.807) is 0 Å². The minimum atomic E-state index is -0.474. The molecule has 4 aliphatic rings. The molecular formula is C14H16O4. The first-order chi connectivity index (χ1) is 8.72. The third-order valence-electron chi connectivity index (χ3n) is 4.67. The summed E-state index contributed by atoms with van der Waals surface area (Å²) in [5.74, 6) is 0.434. The Kier molecular flexibility index (Phi) is 2.07. The molecule has 1 aliphatic heterocycles. The topological polar surface area (TPSA) is 44.8 Å². The van der Waals surface area contributed by atoms with Crippen molar-refractivity contribution in [1.29, 1.82) is 0 Å². The zero-order chi connectivity index (χ0) is 12.3. The Labute approximate surface area is 106 Å². The van der Waals surface area contributed by atoms with Crippen LogP contribution in [0, 0.1) is 23.7 Å². The van der Waals surface area contributed by atoms with E-state index < -0.39 is 5.79 Å². The van der Waals surface area contributed by atoms with E-state index in [9.17, 15) is 4.79 Å². The molecule has 2 bridgehead atoms. The molecule has 0 amide bonds. The van der Waals surface area contributed by atoms with Crippen molar-refractivity contribution in [3.8, 4) is 0 Å². The first-order valence-electron chi connectivity index (χ1n) is 6.54. The summed E-state index contributed by atoms with van der Waals surface area (Å²) in [5, 5.41) is 0. The Hall–Kier alpha value is -1.13. The SMILES string of the molecule is CC(=O)OC1C=CC2C1C1C=CC2C12OCCO2. The van der Waals surface area contributed by atoms with E-state index in [0.29, 0.717) is 19.1 Å². The summed E-state index contributed by atoms with van der Waals surface area (Å²) >= 11 is 0. The predicted octanol–water partition coefficient (Wildman–Crippen LogP) is 1.28. The number of hydrogen-bond donors (Lipinski definition) is 0. The molecule has 1 heterocycles. The van der Waals surface area contributed by atoms with Crippen LogP contribution in [-0.2, 0) is 19.0 Å². The van der Waals surface area contributed by atoms with Crippen LogP contribution < -0.4 is 0 Å². The zero-order valence-electron chi connectivity index (χ0n) is 10.2. The number of fused-ring (bicyclic) bond motifs is 3. The second-order valence-corrected chi connectivity index (χ2v) is 5.47. The molecule has 5 atom stereocenters. The van der Waals surface area contributed by atoms with Crippen molar-refractivity contribution < 1.29 is 19.0 Å². The highest BCUT2D eigenvalue weighted by Gasteiger charge is 2.67. The maximum atomic E-state index is 11.2. The van der Waals surface area contributed by atoms with Gasteiger partial charge >= 0.3 is 5.97 Å². The standard InChI is InChI=1S/C14H16O4/c1-8(15)18-12-5-2-9-10-3-4-11(13(9)12)14(10)16-6-7-17-14/h2-5,9-13H,6-7H2,1H3. The summed E-state index contributed by atoms with van der Waals surface area (Å²) in [7, 11) is 0. The van der Waals surface area contributed by atoms with Crippen molar-refractivity contribution in [2.45, 2.75) is 18.8 Å². The number of allylic oxidation sites excluding steroid dienone is 1. The Morgan fingerprint density at radius 3 is 2.61 bits per heavy atom. The lowest BCUT2D eigenvalue weighted by Crippen LogP contribution is -2.39. The van der Waals surface area contributed by atoms with Gasteiger partial charge in [-0.15, -0.1) is 0 Å². The van der Waals surface area contributed by atoms with Crippen LogP contribution in [0.4, 0.5) is 0 Å². The minimum absolute atomic E-state index is 0.128. The van der Waals surface area contributed by atoms with Crippen LogP contribution in [0.25, 0.3) is 0 Å². The van der Waals surface area contributed by atoms with Gasteiger partial charge in [0.05, 0.1) is 13.2 Å². The minimum Gasteiger partial charge on any atom is -0.458 e. The maximum absolute atomic E-state index is 11.2. The van der Waals surface area contributed by atoms with Crippen molar-refractivity contribution in [3.05, 3.63) is 24.3 Å². The Bertz CT molecular complexity index is 447. The van der Waals surface area contributed by atoms with Crippen molar-refractivity contribution in [1.82, 2.24) is 0 Å². The predicted molar refractivity (Wildman–Crippen MR) is 62.4 cm³/mol. The monoisotopic (exact) mass is 248 g/mol. The number of esters is 1. The van der Waals surface area contributed by atoms with Crippen LogP contribution >= 0.6 is 0 Å². The highest BCUT2D eigenvalue weighted by atomic mass is 16.7. The first kappa shape index (κ1) is 10.8. The summed E-state index contributed by atoms with van der Waals surface area (Å²) in [4.78, 5) is 11.2. The van der Waals surface area contributed by atoms with Gasteiger partial charge in [-0.05, 0) is 12.0 Å². The molecule has 2 fully saturated rings. The van der Waals surface area contributed by atoms with Crippen molar-refractivity contribution in [3.63, 3.8) is 0 Å². The van der Waals surface area contributed by atoms with Gasteiger partial charge in [-0.3, -0.25) is 4.79 Å². The molecule has 0 aromatic heterocycles. The molecule has 0 N–H and O–H groups in total. The van der Waals surface area contributed by atoms with Crippen molar-refractivity contribution >= 4 is 5.97 Å². The van der Waals surface area contributed by atoms with E-state index >= 15 is 0 Å². The van der Waals surface area contributed by atoms with Crippen molar-refractivity contribution in [2.75, 3.05) is 13.2 Å². The van der Waals surface area contributed by atoms with Gasteiger partial charge in [0.1, 0.15) is 6.10 Å². The molecular weight excluding hydrogens is 232 g/mol. The number of ether oxygens (including phenoxy) is 3. The summed E-state index contributed by atoms with van der Waals surface area (Å²) < 4.78 is 17.2. The zero-order valence-corrected chi connectivity index (χ0v) is 10.2. The summed E-state index contributed by atoms with van der Waals surface area (Å²) in [6, 6.07) is 0. The first-order valence-corrected chi connectivity index (χ1v) is 6.54. The Morgan fingerprint density at radius 1 is 1.17 bits per heavy atom. The molecule has 4 nitrogen and oxygen atoms in total. The molecule has 18 heavy (non-hydrogen) atoms. The Balaban J connectivity index is 1.67. The molecule has 4 heteroatoms. The molecule has 0 radical (unpaired) electrons. The fraction of sp³-hybridized carbons (Fsp3) is 0.643. The molecule has 0 aromatic rings. The van der Waals surface area contributed by atoms with Crippen LogP contribution in [0.2, 0.25) is 0 Å². The average molecular weight is 248 g/mol. The molecule has 4 rings (SSSR count). The van der Waals surface area contributed by atoms with Gasteiger partial charge in [-0.1, -0.05) is 18.2 Å². The molecule has 0 aromatic carbocycles. The molecule has 1 spiro atoms. The summed E-state index contributed by atoms with van der Waals surface area (Å²) in [6.07, 6.45) is 8.44. The van der Waals surface area contributed by atoms with E-state index in [1.807, 2.05) is 6.08 Å². The summed E-state index contributed by atoms with van der Waals surface area (Å²) in [5.41, 5.74) is 0. The van der Waals surface area contributed by atoms with Gasteiger partial charge < -0.3 is 14.2 Å². The quantitative estimate of drug-likeness (QED) is 0.518. The van der Waals surface area contributed by atoms with Gasteiger partial charge in [0, 0.05) is 24.7 Å². The molecule has 96 valence electrons. The second kappa shape index (κ2) is 3.45. The van der Waals surface area contributed by atoms with Gasteiger partial charge in [0.15, 0.2) is 5.79 Å². The third kappa shape index (κ3) is 1.15. The van der Waals surface area contributed by atoms with E-state index in [2.05, 4.69) is 18.2 Å². The smallest absolute Gasteiger partial charge is 0.303 e. The van der Waals surface area contributed by atoms with Gasteiger partial charge in [0.25, 0.3) is 0 Å². The molecule has 1 saturated heterocycles. The lowest BCUT2D eigenvalue weighted by molar-refractivity contribution is -0.190. The number of carbonyl (C=O) groups excluding carboxylic acids is 1. The van der Waals surface area contributed by atoms with E-state index in [4.69, 9.17) is 14.2 Å². The lowest BCUT2D eigenvalue weighted by Gasteiger charge is -2.30. The van der Waals surface area contributed by atoms with Crippen LogP contribution in [0.3, 0.4) is 0 Å². The summed E-state index contributed by atoms with van der Waals surface area (Å²) in [6.45, 7) is 2.79. The van der Waals surface area contributed by atoms with Crippen LogP contribution in [0.1, 0.15) is 6.92 Å². The lowest BCUT2D eigenvalue weighted by atomic mass is 9.84. The van der Waals surface area contributed by atoms with Crippen LogP contribution in [-0.4, -0.2) is 31.1 Å². The highest BCUT2D eigenvalue weighted by molar-refractivity contribution is 5.66.